The molecule has 1 aromatic carbocycles. The number of thiazole rings is 1. The van der Waals surface area contributed by atoms with Gasteiger partial charge in [0.2, 0.25) is 0 Å². The van der Waals surface area contributed by atoms with Crippen LogP contribution in [0.5, 0.6) is 0 Å². The molecule has 3 N–H and O–H groups in total. The molecule has 0 atom stereocenters. The number of amides is 1. The highest BCUT2D eigenvalue weighted by atomic mass is 32.1. The molecule has 3 rings (SSSR count). The molecule has 116 valence electrons. The number of aryl methyl sites for hydroxylation is 1. The van der Waals surface area contributed by atoms with Crippen molar-refractivity contribution >= 4 is 28.2 Å². The van der Waals surface area contributed by atoms with Crippen molar-refractivity contribution in [1.82, 2.24) is 15.0 Å². The highest BCUT2D eigenvalue weighted by Crippen LogP contribution is 2.30. The second kappa shape index (κ2) is 6.09. The normalized spacial score (nSPS) is 10.5. The van der Waals surface area contributed by atoms with E-state index in [1.165, 1.54) is 35.9 Å². The first-order valence-electron chi connectivity index (χ1n) is 6.66. The van der Waals surface area contributed by atoms with Gasteiger partial charge in [0.15, 0.2) is 16.6 Å². The molecule has 0 saturated carbocycles. The Labute approximate surface area is 135 Å². The number of benzene rings is 1. The van der Waals surface area contributed by atoms with E-state index < -0.39 is 5.91 Å². The summed E-state index contributed by atoms with van der Waals surface area (Å²) in [5.74, 6) is -0.736. The summed E-state index contributed by atoms with van der Waals surface area (Å²) in [6.45, 7) is 1.88. The number of carbonyl (C=O) groups is 1. The maximum atomic E-state index is 13.0. The van der Waals surface area contributed by atoms with Gasteiger partial charge in [-0.2, -0.15) is 0 Å². The molecular weight excluding hydrogens is 317 g/mol. The molecule has 0 fully saturated rings. The minimum atomic E-state index is -0.477. The lowest BCUT2D eigenvalue weighted by molar-refractivity contribution is 0.102. The zero-order chi connectivity index (χ0) is 16.4. The predicted octanol–water partition coefficient (Wildman–Crippen LogP) is 2.88. The van der Waals surface area contributed by atoms with Crippen molar-refractivity contribution in [2.24, 2.45) is 0 Å². The van der Waals surface area contributed by atoms with Crippen LogP contribution in [0, 0.1) is 12.7 Å². The van der Waals surface area contributed by atoms with Gasteiger partial charge in [0, 0.05) is 22.8 Å². The first-order valence-corrected chi connectivity index (χ1v) is 7.47. The average Bonchev–Trinajstić information content (AvgIpc) is 2.89. The Morgan fingerprint density at radius 2 is 1.91 bits per heavy atom. The number of carbonyl (C=O) groups excluding carboxylic acids is 1. The van der Waals surface area contributed by atoms with Gasteiger partial charge < -0.3 is 5.73 Å². The number of nitrogen functional groups attached to an aromatic ring is 1. The van der Waals surface area contributed by atoms with E-state index in [1.54, 1.807) is 12.1 Å². The van der Waals surface area contributed by atoms with Gasteiger partial charge in [-0.3, -0.25) is 10.1 Å². The molecule has 2 heterocycles. The van der Waals surface area contributed by atoms with Gasteiger partial charge in [-0.15, -0.1) is 11.3 Å². The van der Waals surface area contributed by atoms with Crippen molar-refractivity contribution in [3.05, 3.63) is 53.0 Å². The number of nitrogens with one attached hydrogen (secondary N) is 1. The van der Waals surface area contributed by atoms with E-state index in [9.17, 15) is 9.18 Å². The van der Waals surface area contributed by atoms with Crippen LogP contribution in [0.15, 0.2) is 36.7 Å². The molecule has 0 aliphatic heterocycles. The second-order valence-corrected chi connectivity index (χ2v) is 5.88. The van der Waals surface area contributed by atoms with E-state index in [1.807, 2.05) is 6.92 Å². The van der Waals surface area contributed by atoms with Crippen molar-refractivity contribution in [3.8, 4) is 11.3 Å². The SMILES string of the molecule is Cc1sc(NC(=O)c2nccnc2N)nc1-c1ccc(F)cc1. The maximum Gasteiger partial charge on any atom is 0.279 e. The predicted molar refractivity (Wildman–Crippen MR) is 86.6 cm³/mol. The molecule has 0 saturated heterocycles. The number of aromatic nitrogens is 3. The monoisotopic (exact) mass is 329 g/mol. The Kier molecular flexibility index (Phi) is 3.98. The first kappa shape index (κ1) is 15.0. The topological polar surface area (TPSA) is 93.8 Å². The summed E-state index contributed by atoms with van der Waals surface area (Å²) in [5, 5.41) is 3.07. The van der Waals surface area contributed by atoms with Crippen LogP contribution in [-0.2, 0) is 0 Å². The van der Waals surface area contributed by atoms with Crippen molar-refractivity contribution < 1.29 is 9.18 Å². The second-order valence-electron chi connectivity index (χ2n) is 4.68. The number of nitrogens with two attached hydrogens (primary N) is 1. The van der Waals surface area contributed by atoms with E-state index >= 15 is 0 Å². The van der Waals surface area contributed by atoms with Gasteiger partial charge in [-0.25, -0.2) is 19.3 Å². The number of hydrogen-bond donors (Lipinski definition) is 2. The molecule has 23 heavy (non-hydrogen) atoms. The third-order valence-corrected chi connectivity index (χ3v) is 3.96. The quantitative estimate of drug-likeness (QED) is 0.770. The van der Waals surface area contributed by atoms with Gasteiger partial charge in [0.05, 0.1) is 5.69 Å². The largest absolute Gasteiger partial charge is 0.382 e. The third kappa shape index (κ3) is 3.16. The van der Waals surface area contributed by atoms with E-state index in [4.69, 9.17) is 5.73 Å². The number of anilines is 2. The molecule has 0 bridgehead atoms. The number of nitrogens with zero attached hydrogens (tertiary/aromatic N) is 3. The maximum absolute atomic E-state index is 13.0. The minimum Gasteiger partial charge on any atom is -0.382 e. The summed E-state index contributed by atoms with van der Waals surface area (Å²) in [4.78, 5) is 25.2. The average molecular weight is 329 g/mol. The summed E-state index contributed by atoms with van der Waals surface area (Å²) in [6.07, 6.45) is 2.80. The molecule has 8 heteroatoms. The standard InChI is InChI=1S/C15H12FN5OS/c1-8-11(9-2-4-10(16)5-3-9)20-15(23-8)21-14(22)12-13(17)19-7-6-18-12/h2-7H,1H3,(H2,17,19)(H,20,21,22). The molecule has 0 aliphatic rings. The minimum absolute atomic E-state index is 0.0451. The van der Waals surface area contributed by atoms with E-state index in [2.05, 4.69) is 20.3 Å². The van der Waals surface area contributed by atoms with Crippen LogP contribution in [-0.4, -0.2) is 20.9 Å². The smallest absolute Gasteiger partial charge is 0.279 e. The molecule has 2 aromatic heterocycles. The Bertz CT molecular complexity index is 863. The summed E-state index contributed by atoms with van der Waals surface area (Å²) in [7, 11) is 0. The molecule has 3 aromatic rings. The summed E-state index contributed by atoms with van der Waals surface area (Å²) < 4.78 is 13.0. The van der Waals surface area contributed by atoms with Crippen LogP contribution in [0.25, 0.3) is 11.3 Å². The highest BCUT2D eigenvalue weighted by molar-refractivity contribution is 7.16. The fourth-order valence-corrected chi connectivity index (χ4v) is 2.84. The zero-order valence-corrected chi connectivity index (χ0v) is 12.9. The van der Waals surface area contributed by atoms with E-state index in [-0.39, 0.29) is 17.3 Å². The van der Waals surface area contributed by atoms with Crippen molar-refractivity contribution in [3.63, 3.8) is 0 Å². The molecule has 6 nitrogen and oxygen atoms in total. The molecule has 0 unspecified atom stereocenters. The number of halogens is 1. The van der Waals surface area contributed by atoms with Gasteiger partial charge in [0.25, 0.3) is 5.91 Å². The Balaban J connectivity index is 1.85. The van der Waals surface area contributed by atoms with Gasteiger partial charge in [-0.05, 0) is 31.2 Å². The van der Waals surface area contributed by atoms with Crippen LogP contribution in [0.1, 0.15) is 15.4 Å². The van der Waals surface area contributed by atoms with E-state index in [0.29, 0.717) is 10.8 Å². The fourth-order valence-electron chi connectivity index (χ4n) is 2.01. The Hall–Kier alpha value is -2.87. The van der Waals surface area contributed by atoms with Crippen LogP contribution >= 0.6 is 11.3 Å². The lowest BCUT2D eigenvalue weighted by atomic mass is 10.1. The molecule has 0 aliphatic carbocycles. The Morgan fingerprint density at radius 1 is 1.22 bits per heavy atom. The molecule has 0 radical (unpaired) electrons. The van der Waals surface area contributed by atoms with Gasteiger partial charge >= 0.3 is 0 Å². The van der Waals surface area contributed by atoms with Gasteiger partial charge in [-0.1, -0.05) is 0 Å². The fraction of sp³-hybridized carbons (Fsp3) is 0.0667. The van der Waals surface area contributed by atoms with Crippen molar-refractivity contribution in [2.45, 2.75) is 6.92 Å². The van der Waals surface area contributed by atoms with Crippen LogP contribution in [0.3, 0.4) is 0 Å². The zero-order valence-electron chi connectivity index (χ0n) is 12.1. The third-order valence-electron chi connectivity index (χ3n) is 3.08. The Morgan fingerprint density at radius 3 is 2.61 bits per heavy atom. The molecule has 1 amide bonds. The van der Waals surface area contributed by atoms with Crippen molar-refractivity contribution in [2.75, 3.05) is 11.1 Å². The van der Waals surface area contributed by atoms with Crippen LogP contribution in [0.4, 0.5) is 15.3 Å². The summed E-state index contributed by atoms with van der Waals surface area (Å²) in [6, 6.07) is 6.02. The number of rotatable bonds is 3. The lowest BCUT2D eigenvalue weighted by Crippen LogP contribution is -2.16. The summed E-state index contributed by atoms with van der Waals surface area (Å²) in [5.41, 5.74) is 7.14. The van der Waals surface area contributed by atoms with Crippen molar-refractivity contribution in [1.29, 1.82) is 0 Å². The number of hydrogen-bond acceptors (Lipinski definition) is 6. The van der Waals surface area contributed by atoms with E-state index in [0.717, 1.165) is 10.4 Å². The van der Waals surface area contributed by atoms with Crippen LogP contribution < -0.4 is 11.1 Å². The van der Waals surface area contributed by atoms with Crippen LogP contribution in [0.2, 0.25) is 0 Å². The molecular formula is C15H12FN5OS. The summed E-state index contributed by atoms with van der Waals surface area (Å²) >= 11 is 1.32. The first-order chi connectivity index (χ1) is 11.0. The van der Waals surface area contributed by atoms with Gasteiger partial charge in [0.1, 0.15) is 5.82 Å². The highest BCUT2D eigenvalue weighted by Gasteiger charge is 2.16. The molecule has 0 spiro atoms. The lowest BCUT2D eigenvalue weighted by Gasteiger charge is -2.02.